The number of amides is 1. The monoisotopic (exact) mass is 487 g/mol. The number of carbonyl (C=O) groups excluding carboxylic acids is 2. The smallest absolute Gasteiger partial charge is 0.295 e. The number of ketones is 1. The second-order valence-corrected chi connectivity index (χ2v) is 8.53. The number of ether oxygens (including phenoxy) is 3. The number of aryl methyl sites for hydroxylation is 1. The summed E-state index contributed by atoms with van der Waals surface area (Å²) in [4.78, 5) is 27.6. The Hall–Kier alpha value is -4.10. The lowest BCUT2D eigenvalue weighted by molar-refractivity contribution is -0.140. The average Bonchev–Trinajstić information content (AvgIpc) is 3.16. The molecule has 3 aromatic rings. The van der Waals surface area contributed by atoms with Gasteiger partial charge in [0.25, 0.3) is 11.7 Å². The lowest BCUT2D eigenvalue weighted by atomic mass is 9.94. The van der Waals surface area contributed by atoms with Crippen LogP contribution in [0.5, 0.6) is 11.5 Å². The molecule has 0 spiro atoms. The summed E-state index contributed by atoms with van der Waals surface area (Å²) in [6.07, 6.45) is 0. The van der Waals surface area contributed by atoms with Crippen LogP contribution in [0.2, 0.25) is 0 Å². The van der Waals surface area contributed by atoms with Crippen LogP contribution >= 0.6 is 0 Å². The van der Waals surface area contributed by atoms with E-state index in [2.05, 4.69) is 0 Å². The summed E-state index contributed by atoms with van der Waals surface area (Å²) in [5, 5.41) is 11.3. The molecule has 1 N–H and O–H groups in total. The minimum Gasteiger partial charge on any atom is -0.507 e. The van der Waals surface area contributed by atoms with E-state index in [0.717, 1.165) is 11.1 Å². The van der Waals surface area contributed by atoms with Gasteiger partial charge >= 0.3 is 0 Å². The van der Waals surface area contributed by atoms with E-state index in [-0.39, 0.29) is 24.5 Å². The van der Waals surface area contributed by atoms with Crippen LogP contribution in [-0.2, 0) is 20.9 Å². The van der Waals surface area contributed by atoms with Gasteiger partial charge in [-0.1, -0.05) is 54.1 Å². The van der Waals surface area contributed by atoms with Gasteiger partial charge in [-0.3, -0.25) is 9.59 Å². The number of Topliss-reactive ketones (excluding diaryl/α,β-unsaturated/α-hetero) is 1. The van der Waals surface area contributed by atoms with Gasteiger partial charge in [0.2, 0.25) is 0 Å². The molecule has 0 aliphatic carbocycles. The quantitative estimate of drug-likeness (QED) is 0.269. The van der Waals surface area contributed by atoms with Crippen LogP contribution in [0.3, 0.4) is 0 Å². The molecular formula is C29H29NO6. The Labute approximate surface area is 210 Å². The lowest BCUT2D eigenvalue weighted by Crippen LogP contribution is -2.32. The van der Waals surface area contributed by atoms with E-state index >= 15 is 0 Å². The summed E-state index contributed by atoms with van der Waals surface area (Å²) in [5.41, 5.74) is 2.96. The summed E-state index contributed by atoms with van der Waals surface area (Å²) >= 11 is 0. The average molecular weight is 488 g/mol. The normalized spacial score (nSPS) is 16.9. The Morgan fingerprint density at radius 1 is 0.972 bits per heavy atom. The van der Waals surface area contributed by atoms with E-state index in [4.69, 9.17) is 14.2 Å². The molecule has 1 unspecified atom stereocenters. The van der Waals surface area contributed by atoms with Crippen molar-refractivity contribution in [3.63, 3.8) is 0 Å². The van der Waals surface area contributed by atoms with Crippen molar-refractivity contribution in [3.8, 4) is 11.5 Å². The van der Waals surface area contributed by atoms with Crippen molar-refractivity contribution in [2.24, 2.45) is 0 Å². The zero-order valence-electron chi connectivity index (χ0n) is 20.6. The third-order valence-corrected chi connectivity index (χ3v) is 6.13. The maximum Gasteiger partial charge on any atom is 0.295 e. The standard InChI is InChI=1S/C29H29NO6/c1-19-9-14-24(35-3)23(17-19)27(31)25-26(30(15-16-34-2)29(33)28(25)32)21-10-12-22(13-11-21)36-18-20-7-5-4-6-8-20/h4-14,17,26,31H,15-16,18H2,1-3H3/b27-25+. The zero-order valence-corrected chi connectivity index (χ0v) is 20.6. The first-order chi connectivity index (χ1) is 17.4. The van der Waals surface area contributed by atoms with Crippen LogP contribution in [0.15, 0.2) is 78.4 Å². The molecule has 7 heteroatoms. The molecular weight excluding hydrogens is 458 g/mol. The van der Waals surface area contributed by atoms with Crippen LogP contribution in [0.25, 0.3) is 5.76 Å². The molecule has 1 aliphatic heterocycles. The van der Waals surface area contributed by atoms with Gasteiger partial charge in [0.15, 0.2) is 0 Å². The van der Waals surface area contributed by atoms with Gasteiger partial charge in [0.1, 0.15) is 23.9 Å². The predicted octanol–water partition coefficient (Wildman–Crippen LogP) is 4.65. The number of aliphatic hydroxyl groups excluding tert-OH is 1. The van der Waals surface area contributed by atoms with Gasteiger partial charge in [-0.05, 0) is 42.3 Å². The number of hydrogen-bond donors (Lipinski definition) is 1. The van der Waals surface area contributed by atoms with E-state index in [1.807, 2.05) is 43.3 Å². The van der Waals surface area contributed by atoms with Crippen LogP contribution < -0.4 is 9.47 Å². The fourth-order valence-corrected chi connectivity index (χ4v) is 4.29. The number of benzene rings is 3. The Morgan fingerprint density at radius 3 is 2.36 bits per heavy atom. The number of likely N-dealkylation sites (tertiary alicyclic amines) is 1. The van der Waals surface area contributed by atoms with Crippen molar-refractivity contribution in [3.05, 3.63) is 101 Å². The van der Waals surface area contributed by atoms with Crippen LogP contribution in [0, 0.1) is 6.92 Å². The van der Waals surface area contributed by atoms with Gasteiger partial charge in [-0.15, -0.1) is 0 Å². The molecule has 1 atom stereocenters. The fourth-order valence-electron chi connectivity index (χ4n) is 4.29. The highest BCUT2D eigenvalue weighted by Crippen LogP contribution is 2.41. The van der Waals surface area contributed by atoms with E-state index in [9.17, 15) is 14.7 Å². The number of hydrogen-bond acceptors (Lipinski definition) is 6. The molecule has 0 radical (unpaired) electrons. The van der Waals surface area contributed by atoms with Crippen LogP contribution in [-0.4, -0.2) is 49.1 Å². The van der Waals surface area contributed by atoms with Gasteiger partial charge in [0.05, 0.1) is 30.9 Å². The zero-order chi connectivity index (χ0) is 25.7. The van der Waals surface area contributed by atoms with E-state index in [1.165, 1.54) is 19.1 Å². The SMILES string of the molecule is COCCN1C(=O)C(=O)/C(=C(/O)c2cc(C)ccc2OC)C1c1ccc(OCc2ccccc2)cc1. The topological polar surface area (TPSA) is 85.3 Å². The highest BCUT2D eigenvalue weighted by atomic mass is 16.5. The number of methoxy groups -OCH3 is 2. The molecule has 0 aromatic heterocycles. The second-order valence-electron chi connectivity index (χ2n) is 8.53. The van der Waals surface area contributed by atoms with Crippen molar-refractivity contribution < 1.29 is 28.9 Å². The van der Waals surface area contributed by atoms with Crippen LogP contribution in [0.4, 0.5) is 0 Å². The molecule has 186 valence electrons. The fraction of sp³-hybridized carbons (Fsp3) is 0.241. The Kier molecular flexibility index (Phi) is 7.71. The van der Waals surface area contributed by atoms with E-state index in [0.29, 0.717) is 29.2 Å². The molecule has 1 saturated heterocycles. The summed E-state index contributed by atoms with van der Waals surface area (Å²) in [6.45, 7) is 2.73. The molecule has 1 aliphatic rings. The highest BCUT2D eigenvalue weighted by molar-refractivity contribution is 6.46. The summed E-state index contributed by atoms with van der Waals surface area (Å²) in [7, 11) is 3.02. The number of carbonyl (C=O) groups is 2. The first kappa shape index (κ1) is 25.0. The minimum atomic E-state index is -0.784. The predicted molar refractivity (Wildman–Crippen MR) is 136 cm³/mol. The molecule has 1 heterocycles. The first-order valence-corrected chi connectivity index (χ1v) is 11.6. The molecule has 1 amide bonds. The third-order valence-electron chi connectivity index (χ3n) is 6.13. The Bertz CT molecular complexity index is 1270. The van der Waals surface area contributed by atoms with Gasteiger partial charge in [-0.25, -0.2) is 0 Å². The summed E-state index contributed by atoms with van der Waals surface area (Å²) in [5.74, 6) is -0.652. The largest absolute Gasteiger partial charge is 0.507 e. The summed E-state index contributed by atoms with van der Waals surface area (Å²) in [6, 6.07) is 21.5. The van der Waals surface area contributed by atoms with Crippen LogP contribution in [0.1, 0.15) is 28.3 Å². The van der Waals surface area contributed by atoms with Gasteiger partial charge in [-0.2, -0.15) is 0 Å². The van der Waals surface area contributed by atoms with Crippen molar-refractivity contribution in [1.29, 1.82) is 0 Å². The number of aliphatic hydroxyl groups is 1. The second kappa shape index (κ2) is 11.1. The maximum absolute atomic E-state index is 13.2. The first-order valence-electron chi connectivity index (χ1n) is 11.6. The van der Waals surface area contributed by atoms with E-state index in [1.54, 1.807) is 36.4 Å². The molecule has 3 aromatic carbocycles. The molecule has 0 saturated carbocycles. The van der Waals surface area contributed by atoms with Crippen molar-refractivity contribution >= 4 is 17.4 Å². The maximum atomic E-state index is 13.2. The third kappa shape index (κ3) is 5.11. The highest BCUT2D eigenvalue weighted by Gasteiger charge is 2.46. The lowest BCUT2D eigenvalue weighted by Gasteiger charge is -2.25. The Morgan fingerprint density at radius 2 is 1.69 bits per heavy atom. The summed E-state index contributed by atoms with van der Waals surface area (Å²) < 4.78 is 16.5. The van der Waals surface area contributed by atoms with Crippen molar-refractivity contribution in [1.82, 2.24) is 4.90 Å². The van der Waals surface area contributed by atoms with Gasteiger partial charge in [0, 0.05) is 13.7 Å². The molecule has 36 heavy (non-hydrogen) atoms. The number of nitrogens with zero attached hydrogens (tertiary/aromatic N) is 1. The van der Waals surface area contributed by atoms with Crippen molar-refractivity contribution in [2.45, 2.75) is 19.6 Å². The molecule has 0 bridgehead atoms. The minimum absolute atomic E-state index is 0.0120. The van der Waals surface area contributed by atoms with Gasteiger partial charge < -0.3 is 24.2 Å². The molecule has 4 rings (SSSR count). The molecule has 7 nitrogen and oxygen atoms in total. The number of rotatable bonds is 9. The molecule has 1 fully saturated rings. The van der Waals surface area contributed by atoms with E-state index < -0.39 is 17.7 Å². The van der Waals surface area contributed by atoms with Crippen molar-refractivity contribution in [2.75, 3.05) is 27.4 Å². The Balaban J connectivity index is 1.72.